The first-order valence-electron chi connectivity index (χ1n) is 6.89. The minimum absolute atomic E-state index is 0.0711. The van der Waals surface area contributed by atoms with Crippen LogP contribution in [0.1, 0.15) is 5.56 Å². The zero-order valence-electron chi connectivity index (χ0n) is 12.6. The highest BCUT2D eigenvalue weighted by Gasteiger charge is 2.09. The minimum Gasteiger partial charge on any atom is -0.497 e. The van der Waals surface area contributed by atoms with Crippen LogP contribution < -0.4 is 10.1 Å². The lowest BCUT2D eigenvalue weighted by Gasteiger charge is -2.11. The molecule has 0 fully saturated rings. The normalized spacial score (nSPS) is 9.35. The molecule has 0 atom stereocenters. The Morgan fingerprint density at radius 1 is 1.09 bits per heavy atom. The van der Waals surface area contributed by atoms with Gasteiger partial charge in [0.05, 0.1) is 7.11 Å². The summed E-state index contributed by atoms with van der Waals surface area (Å²) >= 11 is 1.41. The van der Waals surface area contributed by atoms with E-state index < -0.39 is 0 Å². The monoisotopic (exact) mass is 321 g/mol. The molecule has 0 unspecified atom stereocenters. The molecule has 0 spiro atoms. The number of allylic oxidation sites excluding steroid dienone is 1. The number of thioether (sulfide) groups is 1. The molecular formula is C18H15N3OS. The van der Waals surface area contributed by atoms with Gasteiger partial charge in [0.25, 0.3) is 0 Å². The van der Waals surface area contributed by atoms with E-state index in [-0.39, 0.29) is 5.57 Å². The number of nitrogens with zero attached hydrogens (tertiary/aromatic N) is 2. The number of nitrogens with one attached hydrogen (secondary N) is 1. The fraction of sp³-hybridized carbons (Fsp3) is 0.111. The molecule has 0 aliphatic carbocycles. The molecule has 0 heterocycles. The standard InChI is InChI=1S/C18H15N3OS/c1-22-17-9-5-6-14(10-17)13-23-18(15(11-19)12-20)21-16-7-3-2-4-8-16/h2-10,21H,13H2,1H3. The second kappa shape index (κ2) is 8.53. The van der Waals surface area contributed by atoms with E-state index in [1.54, 1.807) is 7.11 Å². The van der Waals surface area contributed by atoms with Gasteiger partial charge in [-0.2, -0.15) is 10.5 Å². The minimum atomic E-state index is 0.0711. The Morgan fingerprint density at radius 3 is 2.48 bits per heavy atom. The number of para-hydroxylation sites is 1. The fourth-order valence-corrected chi connectivity index (χ4v) is 2.78. The molecule has 0 saturated heterocycles. The molecule has 2 rings (SSSR count). The Hall–Kier alpha value is -2.89. The number of methoxy groups -OCH3 is 1. The third kappa shape index (κ3) is 4.81. The molecule has 0 saturated carbocycles. The van der Waals surface area contributed by atoms with Crippen molar-refractivity contribution in [2.45, 2.75) is 5.75 Å². The van der Waals surface area contributed by atoms with E-state index in [2.05, 4.69) is 5.32 Å². The number of ether oxygens (including phenoxy) is 1. The molecule has 4 nitrogen and oxygen atoms in total. The van der Waals surface area contributed by atoms with E-state index in [1.807, 2.05) is 66.7 Å². The summed E-state index contributed by atoms with van der Waals surface area (Å²) in [6.07, 6.45) is 0. The first-order chi connectivity index (χ1) is 11.3. The Morgan fingerprint density at radius 2 is 1.83 bits per heavy atom. The molecule has 0 radical (unpaired) electrons. The molecule has 2 aromatic carbocycles. The van der Waals surface area contributed by atoms with E-state index in [0.29, 0.717) is 10.8 Å². The van der Waals surface area contributed by atoms with Gasteiger partial charge in [-0.25, -0.2) is 0 Å². The van der Waals surface area contributed by atoms with Gasteiger partial charge >= 0.3 is 0 Å². The molecule has 0 bridgehead atoms. The first kappa shape index (κ1) is 16.5. The number of hydrogen-bond donors (Lipinski definition) is 1. The quantitative estimate of drug-likeness (QED) is 0.803. The van der Waals surface area contributed by atoms with Gasteiger partial charge in [0, 0.05) is 11.4 Å². The second-order valence-electron chi connectivity index (χ2n) is 4.56. The first-order valence-corrected chi connectivity index (χ1v) is 7.87. The fourth-order valence-electron chi connectivity index (χ4n) is 1.87. The Labute approximate surface area is 140 Å². The summed E-state index contributed by atoms with van der Waals surface area (Å²) in [7, 11) is 1.62. The highest BCUT2D eigenvalue weighted by Crippen LogP contribution is 2.27. The molecule has 0 aromatic heterocycles. The van der Waals surface area contributed by atoms with Crippen LogP contribution in [0.25, 0.3) is 0 Å². The Kier molecular flexibility index (Phi) is 6.11. The predicted molar refractivity (Wildman–Crippen MR) is 92.6 cm³/mol. The Bertz CT molecular complexity index is 757. The highest BCUT2D eigenvalue weighted by atomic mass is 32.2. The van der Waals surface area contributed by atoms with Crippen LogP contribution in [0.2, 0.25) is 0 Å². The number of hydrogen-bond acceptors (Lipinski definition) is 5. The van der Waals surface area contributed by atoms with E-state index in [1.165, 1.54) is 11.8 Å². The summed E-state index contributed by atoms with van der Waals surface area (Å²) in [4.78, 5) is 0. The Balaban J connectivity index is 2.17. The molecule has 1 N–H and O–H groups in total. The average molecular weight is 321 g/mol. The molecule has 0 aliphatic rings. The number of anilines is 1. The predicted octanol–water partition coefficient (Wildman–Crippen LogP) is 4.30. The molecule has 2 aromatic rings. The second-order valence-corrected chi connectivity index (χ2v) is 5.54. The molecule has 5 heteroatoms. The van der Waals surface area contributed by atoms with Crippen molar-refractivity contribution in [3.63, 3.8) is 0 Å². The van der Waals surface area contributed by atoms with Crippen molar-refractivity contribution in [2.24, 2.45) is 0 Å². The third-order valence-electron chi connectivity index (χ3n) is 3.00. The zero-order valence-corrected chi connectivity index (χ0v) is 13.4. The topological polar surface area (TPSA) is 68.8 Å². The summed E-state index contributed by atoms with van der Waals surface area (Å²) in [6.45, 7) is 0. The van der Waals surface area contributed by atoms with Gasteiger partial charge in [0.1, 0.15) is 22.9 Å². The largest absolute Gasteiger partial charge is 0.497 e. The lowest BCUT2D eigenvalue weighted by molar-refractivity contribution is 0.414. The summed E-state index contributed by atoms with van der Waals surface area (Å²) in [5.41, 5.74) is 1.96. The van der Waals surface area contributed by atoms with Crippen LogP contribution in [0.3, 0.4) is 0 Å². The van der Waals surface area contributed by atoms with Crippen molar-refractivity contribution in [3.8, 4) is 17.9 Å². The van der Waals surface area contributed by atoms with Crippen LogP contribution in [-0.2, 0) is 5.75 Å². The van der Waals surface area contributed by atoms with Gasteiger partial charge in [0.15, 0.2) is 5.57 Å². The lowest BCUT2D eigenvalue weighted by atomic mass is 10.2. The van der Waals surface area contributed by atoms with E-state index >= 15 is 0 Å². The third-order valence-corrected chi connectivity index (χ3v) is 4.07. The van der Waals surface area contributed by atoms with Crippen molar-refractivity contribution in [3.05, 3.63) is 70.8 Å². The van der Waals surface area contributed by atoms with Gasteiger partial charge in [-0.15, -0.1) is 11.8 Å². The van der Waals surface area contributed by atoms with Crippen LogP contribution in [0.15, 0.2) is 65.2 Å². The number of nitriles is 2. The van der Waals surface area contributed by atoms with E-state index in [9.17, 15) is 0 Å². The van der Waals surface area contributed by atoms with Gasteiger partial charge in [-0.05, 0) is 29.8 Å². The van der Waals surface area contributed by atoms with Crippen LogP contribution >= 0.6 is 11.8 Å². The molecule has 0 amide bonds. The number of benzene rings is 2. The van der Waals surface area contributed by atoms with Crippen molar-refractivity contribution in [1.82, 2.24) is 0 Å². The van der Waals surface area contributed by atoms with Crippen LogP contribution in [0, 0.1) is 22.7 Å². The van der Waals surface area contributed by atoms with E-state index in [0.717, 1.165) is 17.0 Å². The summed E-state index contributed by atoms with van der Waals surface area (Å²) in [5, 5.41) is 22.0. The van der Waals surface area contributed by atoms with E-state index in [4.69, 9.17) is 15.3 Å². The van der Waals surface area contributed by atoms with Crippen LogP contribution in [-0.4, -0.2) is 7.11 Å². The van der Waals surface area contributed by atoms with Crippen molar-refractivity contribution in [2.75, 3.05) is 12.4 Å². The average Bonchev–Trinajstić information content (AvgIpc) is 2.61. The molecule has 23 heavy (non-hydrogen) atoms. The van der Waals surface area contributed by atoms with Gasteiger partial charge in [-0.1, -0.05) is 30.3 Å². The lowest BCUT2D eigenvalue weighted by Crippen LogP contribution is -2.00. The van der Waals surface area contributed by atoms with Crippen molar-refractivity contribution < 1.29 is 4.74 Å². The SMILES string of the molecule is COc1cccc(CSC(Nc2ccccc2)=C(C#N)C#N)c1. The van der Waals surface area contributed by atoms with Gasteiger partial charge < -0.3 is 10.1 Å². The van der Waals surface area contributed by atoms with Gasteiger partial charge in [0.2, 0.25) is 0 Å². The maximum Gasteiger partial charge on any atom is 0.159 e. The van der Waals surface area contributed by atoms with Crippen molar-refractivity contribution in [1.29, 1.82) is 10.5 Å². The van der Waals surface area contributed by atoms with Crippen LogP contribution in [0.5, 0.6) is 5.75 Å². The molecular weight excluding hydrogens is 306 g/mol. The summed E-state index contributed by atoms with van der Waals surface area (Å²) in [5.74, 6) is 1.41. The maximum absolute atomic E-state index is 9.15. The molecule has 114 valence electrons. The van der Waals surface area contributed by atoms with Gasteiger partial charge in [-0.3, -0.25) is 0 Å². The molecule has 0 aliphatic heterocycles. The maximum atomic E-state index is 9.15. The highest BCUT2D eigenvalue weighted by molar-refractivity contribution is 8.02. The van der Waals surface area contributed by atoms with Crippen molar-refractivity contribution >= 4 is 17.4 Å². The van der Waals surface area contributed by atoms with Crippen LogP contribution in [0.4, 0.5) is 5.69 Å². The summed E-state index contributed by atoms with van der Waals surface area (Å²) in [6, 6.07) is 21.1. The number of rotatable bonds is 6. The smallest absolute Gasteiger partial charge is 0.159 e. The zero-order chi connectivity index (χ0) is 16.5. The summed E-state index contributed by atoms with van der Waals surface area (Å²) < 4.78 is 5.21.